The van der Waals surface area contributed by atoms with Crippen LogP contribution in [0.4, 0.5) is 0 Å². The van der Waals surface area contributed by atoms with E-state index in [0.29, 0.717) is 25.3 Å². The molecule has 1 N–H and O–H groups in total. The van der Waals surface area contributed by atoms with Gasteiger partial charge >= 0.3 is 0 Å². The highest BCUT2D eigenvalue weighted by Crippen LogP contribution is 2.22. The van der Waals surface area contributed by atoms with Crippen LogP contribution in [0.1, 0.15) is 37.6 Å². The summed E-state index contributed by atoms with van der Waals surface area (Å²) < 4.78 is 5.50. The Hall–Kier alpha value is -2.04. The van der Waals surface area contributed by atoms with Crippen molar-refractivity contribution in [2.45, 2.75) is 32.7 Å². The summed E-state index contributed by atoms with van der Waals surface area (Å²) in [6.07, 6.45) is 0.942. The Morgan fingerprint density at radius 2 is 2.00 bits per heavy atom. The minimum absolute atomic E-state index is 0.120. The highest BCUT2D eigenvalue weighted by molar-refractivity contribution is 5.99. The van der Waals surface area contributed by atoms with Gasteiger partial charge < -0.3 is 15.0 Å². The second-order valence-corrected chi connectivity index (χ2v) is 5.64. The van der Waals surface area contributed by atoms with Crippen molar-refractivity contribution in [1.82, 2.24) is 10.2 Å². The summed E-state index contributed by atoms with van der Waals surface area (Å²) >= 11 is 0. The lowest BCUT2D eigenvalue weighted by Gasteiger charge is -2.41. The molecule has 0 unspecified atom stereocenters. The Morgan fingerprint density at radius 3 is 2.62 bits per heavy atom. The molecule has 0 saturated carbocycles. The first-order valence-corrected chi connectivity index (χ1v) is 7.30. The number of benzene rings is 1. The average Bonchev–Trinajstić information content (AvgIpc) is 2.48. The van der Waals surface area contributed by atoms with Crippen LogP contribution in [0.2, 0.25) is 0 Å². The van der Waals surface area contributed by atoms with E-state index in [-0.39, 0.29) is 11.8 Å². The number of carbonyl (C=O) groups is 2. The molecule has 1 aliphatic rings. The molecule has 21 heavy (non-hydrogen) atoms. The minimum Gasteiger partial charge on any atom is -0.494 e. The molecular weight excluding hydrogens is 268 g/mol. The Morgan fingerprint density at radius 1 is 1.33 bits per heavy atom. The Bertz CT molecular complexity index is 523. The van der Waals surface area contributed by atoms with Crippen LogP contribution in [-0.2, 0) is 4.79 Å². The summed E-state index contributed by atoms with van der Waals surface area (Å²) in [7, 11) is 0. The number of rotatable bonds is 4. The molecule has 0 atom stereocenters. The minimum atomic E-state index is -0.827. The van der Waals surface area contributed by atoms with Crippen LogP contribution in [0.25, 0.3) is 0 Å². The number of nitrogens with zero attached hydrogens (tertiary/aromatic N) is 1. The first-order chi connectivity index (χ1) is 9.96. The third-order valence-corrected chi connectivity index (χ3v) is 3.67. The summed E-state index contributed by atoms with van der Waals surface area (Å²) in [5.74, 6) is 0.505. The van der Waals surface area contributed by atoms with E-state index in [1.54, 1.807) is 43.0 Å². The van der Waals surface area contributed by atoms with Crippen molar-refractivity contribution < 1.29 is 14.3 Å². The van der Waals surface area contributed by atoms with Crippen LogP contribution in [0.3, 0.4) is 0 Å². The monoisotopic (exact) mass is 290 g/mol. The van der Waals surface area contributed by atoms with Crippen LogP contribution in [0.15, 0.2) is 24.3 Å². The molecule has 114 valence electrons. The van der Waals surface area contributed by atoms with Crippen molar-refractivity contribution in [3.05, 3.63) is 29.8 Å². The van der Waals surface area contributed by atoms with E-state index in [0.717, 1.165) is 12.2 Å². The Labute approximate surface area is 125 Å². The Kier molecular flexibility index (Phi) is 4.50. The van der Waals surface area contributed by atoms with Crippen LogP contribution >= 0.6 is 0 Å². The van der Waals surface area contributed by atoms with Gasteiger partial charge in [-0.25, -0.2) is 0 Å². The maximum atomic E-state index is 12.6. The molecule has 1 aliphatic heterocycles. The second-order valence-electron chi connectivity index (χ2n) is 5.64. The van der Waals surface area contributed by atoms with Gasteiger partial charge in [0.2, 0.25) is 5.91 Å². The summed E-state index contributed by atoms with van der Waals surface area (Å²) in [5, 5.41) is 2.79. The lowest BCUT2D eigenvalue weighted by atomic mass is 9.97. The molecular formula is C16H22N2O3. The number of carbonyl (C=O) groups excluding carboxylic acids is 2. The first-order valence-electron chi connectivity index (χ1n) is 7.30. The molecule has 1 fully saturated rings. The van der Waals surface area contributed by atoms with Gasteiger partial charge in [0.05, 0.1) is 6.61 Å². The van der Waals surface area contributed by atoms with Crippen molar-refractivity contribution in [2.24, 2.45) is 0 Å². The zero-order valence-electron chi connectivity index (χ0n) is 12.8. The fourth-order valence-corrected chi connectivity index (χ4v) is 2.32. The van der Waals surface area contributed by atoms with E-state index in [1.807, 2.05) is 6.92 Å². The van der Waals surface area contributed by atoms with Gasteiger partial charge in [0.25, 0.3) is 5.91 Å². The molecule has 1 heterocycles. The van der Waals surface area contributed by atoms with Crippen LogP contribution in [0, 0.1) is 0 Å². The number of ether oxygens (including phenoxy) is 1. The lowest BCUT2D eigenvalue weighted by Crippen LogP contribution is -2.63. The molecule has 0 aliphatic carbocycles. The van der Waals surface area contributed by atoms with E-state index in [9.17, 15) is 9.59 Å². The first kappa shape index (κ1) is 15.4. The van der Waals surface area contributed by atoms with Gasteiger partial charge in [-0.15, -0.1) is 0 Å². The van der Waals surface area contributed by atoms with Crippen LogP contribution < -0.4 is 10.1 Å². The third-order valence-electron chi connectivity index (χ3n) is 3.67. The highest BCUT2D eigenvalue weighted by atomic mass is 16.5. The van der Waals surface area contributed by atoms with Crippen LogP contribution in [-0.4, -0.2) is 41.9 Å². The van der Waals surface area contributed by atoms with Gasteiger partial charge in [-0.1, -0.05) is 6.92 Å². The van der Waals surface area contributed by atoms with Gasteiger partial charge in [0, 0.05) is 18.7 Å². The van der Waals surface area contributed by atoms with Gasteiger partial charge in [-0.3, -0.25) is 9.59 Å². The van der Waals surface area contributed by atoms with E-state index < -0.39 is 5.54 Å². The third kappa shape index (κ3) is 3.17. The average molecular weight is 290 g/mol. The SMILES string of the molecule is CCCOc1ccc(C(=O)N2CCNC(=O)C2(C)C)cc1. The zero-order valence-corrected chi connectivity index (χ0v) is 12.8. The predicted octanol–water partition coefficient (Wildman–Crippen LogP) is 1.83. The second kappa shape index (κ2) is 6.16. The fraction of sp³-hybridized carbons (Fsp3) is 0.500. The van der Waals surface area contributed by atoms with Gasteiger partial charge in [0.1, 0.15) is 11.3 Å². The van der Waals surface area contributed by atoms with Gasteiger partial charge in [-0.05, 0) is 44.5 Å². The number of hydrogen-bond donors (Lipinski definition) is 1. The zero-order chi connectivity index (χ0) is 15.5. The molecule has 1 saturated heterocycles. The standard InChI is InChI=1S/C16H22N2O3/c1-4-11-21-13-7-5-12(6-8-13)14(19)18-10-9-17-15(20)16(18,2)3/h5-8H,4,9-11H2,1-3H3,(H,17,20). The maximum Gasteiger partial charge on any atom is 0.254 e. The molecule has 0 aromatic heterocycles. The topological polar surface area (TPSA) is 58.6 Å². The van der Waals surface area contributed by atoms with E-state index in [2.05, 4.69) is 5.32 Å². The molecule has 1 aromatic rings. The summed E-state index contributed by atoms with van der Waals surface area (Å²) in [5.41, 5.74) is -0.256. The predicted molar refractivity (Wildman–Crippen MR) is 80.4 cm³/mol. The summed E-state index contributed by atoms with van der Waals surface area (Å²) in [4.78, 5) is 26.1. The van der Waals surface area contributed by atoms with Crippen LogP contribution in [0.5, 0.6) is 5.75 Å². The summed E-state index contributed by atoms with van der Waals surface area (Å²) in [6, 6.07) is 7.08. The summed E-state index contributed by atoms with van der Waals surface area (Å²) in [6.45, 7) is 7.24. The molecule has 5 heteroatoms. The van der Waals surface area contributed by atoms with Crippen molar-refractivity contribution in [3.63, 3.8) is 0 Å². The van der Waals surface area contributed by atoms with Gasteiger partial charge in [0.15, 0.2) is 0 Å². The maximum absolute atomic E-state index is 12.6. The largest absolute Gasteiger partial charge is 0.494 e. The van der Waals surface area contributed by atoms with E-state index >= 15 is 0 Å². The molecule has 0 radical (unpaired) electrons. The number of hydrogen-bond acceptors (Lipinski definition) is 3. The van der Waals surface area contributed by atoms with E-state index in [4.69, 9.17) is 4.74 Å². The van der Waals surface area contributed by atoms with Crippen molar-refractivity contribution in [3.8, 4) is 5.75 Å². The number of nitrogens with one attached hydrogen (secondary N) is 1. The number of amides is 2. The lowest BCUT2D eigenvalue weighted by molar-refractivity contribution is -0.133. The molecule has 5 nitrogen and oxygen atoms in total. The van der Waals surface area contributed by atoms with Crippen molar-refractivity contribution in [1.29, 1.82) is 0 Å². The quantitative estimate of drug-likeness (QED) is 0.920. The molecule has 2 rings (SSSR count). The van der Waals surface area contributed by atoms with Crippen molar-refractivity contribution >= 4 is 11.8 Å². The smallest absolute Gasteiger partial charge is 0.254 e. The number of piperazine rings is 1. The molecule has 0 spiro atoms. The van der Waals surface area contributed by atoms with E-state index in [1.165, 1.54) is 0 Å². The van der Waals surface area contributed by atoms with Gasteiger partial charge in [-0.2, -0.15) is 0 Å². The molecule has 1 aromatic carbocycles. The normalized spacial score (nSPS) is 17.3. The van der Waals surface area contributed by atoms with Crippen molar-refractivity contribution in [2.75, 3.05) is 19.7 Å². The Balaban J connectivity index is 2.14. The fourth-order valence-electron chi connectivity index (χ4n) is 2.32. The molecule has 0 bridgehead atoms. The molecule has 2 amide bonds. The highest BCUT2D eigenvalue weighted by Gasteiger charge is 2.40.